The number of β-lactam (4-membered cyclic amide) rings is 1. The van der Waals surface area contributed by atoms with Crippen molar-refractivity contribution in [1.29, 1.82) is 0 Å². The first-order chi connectivity index (χ1) is 17.5. The summed E-state index contributed by atoms with van der Waals surface area (Å²) in [5.74, 6) is -0.325. The van der Waals surface area contributed by atoms with Gasteiger partial charge in [-0.1, -0.05) is 37.4 Å². The fourth-order valence-electron chi connectivity index (χ4n) is 5.29. The van der Waals surface area contributed by atoms with Crippen LogP contribution in [-0.2, 0) is 18.8 Å². The van der Waals surface area contributed by atoms with Crippen LogP contribution in [0.25, 0.3) is 5.57 Å². The highest BCUT2D eigenvalue weighted by Gasteiger charge is 2.61. The molecule has 0 aliphatic carbocycles. The Hall–Kier alpha value is -1.43. The minimum Gasteiger partial charge on any atom is -0.457 e. The number of carbonyl (C=O) groups excluding carboxylic acids is 2. The number of hydrogen-bond donors (Lipinski definition) is 0. The predicted octanol–water partition coefficient (Wildman–Crippen LogP) is 5.22. The molecule has 3 aliphatic rings. The molecule has 3 aliphatic heterocycles. The molecule has 4 rings (SSSR count). The molecule has 0 radical (unpaired) electrons. The zero-order valence-electron chi connectivity index (χ0n) is 22.3. The van der Waals surface area contributed by atoms with Crippen molar-refractivity contribution in [1.82, 2.24) is 14.8 Å². The Balaban J connectivity index is 1.60. The van der Waals surface area contributed by atoms with Crippen LogP contribution in [0.1, 0.15) is 26.0 Å². The standard InChI is InChI=1S/C26H36ClN3O4S2Si/c1-8-11-33-25(32)22-23(15(2)21-20(24(31)30(21)22)16(3)34-37(5,6)7)36-26-28-19(14-35-26)17-9-10-29(4)18(12-17)13-27/h8-9,14-16,18,20-21H,1,10-13H2,2-7H3/t15-,16-,18+,20-,21-/m1/s1. The molecule has 202 valence electrons. The topological polar surface area (TPSA) is 72.0 Å². The van der Waals surface area contributed by atoms with Crippen molar-refractivity contribution >= 4 is 60.5 Å². The molecule has 1 aromatic heterocycles. The lowest BCUT2D eigenvalue weighted by atomic mass is 9.79. The minimum atomic E-state index is -1.84. The Kier molecular flexibility index (Phi) is 8.77. The zero-order valence-corrected chi connectivity index (χ0v) is 25.7. The molecular formula is C26H36ClN3O4S2Si. The predicted molar refractivity (Wildman–Crippen MR) is 153 cm³/mol. The number of carbonyl (C=O) groups is 2. The van der Waals surface area contributed by atoms with Crippen LogP contribution in [0, 0.1) is 11.8 Å². The SMILES string of the molecule is C=CCOC(=O)C1=C(Sc2nc(C3=CCN(C)[C@H](CCl)C3)cs2)[C@H](C)[C@@H]2[C@@H]([C@@H](C)O[Si](C)(C)C)C(=O)N12. The summed E-state index contributed by atoms with van der Waals surface area (Å²) in [4.78, 5) is 36.1. The Labute approximate surface area is 234 Å². The van der Waals surface area contributed by atoms with Gasteiger partial charge in [-0.05, 0) is 45.6 Å². The first kappa shape index (κ1) is 28.6. The van der Waals surface area contributed by atoms with Crippen LogP contribution in [0.4, 0.5) is 0 Å². The maximum absolute atomic E-state index is 13.4. The molecule has 1 aromatic rings. The molecule has 0 saturated carbocycles. The second-order valence-corrected chi connectivity index (χ2v) is 17.7. The first-order valence-corrected chi connectivity index (χ1v) is 18.2. The number of aromatic nitrogens is 1. The minimum absolute atomic E-state index is 0.0396. The van der Waals surface area contributed by atoms with Gasteiger partial charge in [0.25, 0.3) is 0 Å². The normalized spacial score (nSPS) is 27.1. The lowest BCUT2D eigenvalue weighted by Gasteiger charge is -2.48. The average Bonchev–Trinajstić information content (AvgIpc) is 3.38. The molecule has 0 spiro atoms. The van der Waals surface area contributed by atoms with Crippen LogP contribution in [0.3, 0.4) is 0 Å². The van der Waals surface area contributed by atoms with Crippen LogP contribution in [-0.4, -0.2) is 79.2 Å². The average molecular weight is 582 g/mol. The van der Waals surface area contributed by atoms with E-state index in [1.54, 1.807) is 16.2 Å². The van der Waals surface area contributed by atoms with Gasteiger partial charge in [0.15, 0.2) is 12.7 Å². The van der Waals surface area contributed by atoms with Crippen LogP contribution < -0.4 is 0 Å². The molecule has 37 heavy (non-hydrogen) atoms. The number of fused-ring (bicyclic) bond motifs is 1. The van der Waals surface area contributed by atoms with Crippen LogP contribution >= 0.6 is 34.7 Å². The molecule has 0 N–H and O–H groups in total. The Morgan fingerprint density at radius 2 is 2.16 bits per heavy atom. The van der Waals surface area contributed by atoms with E-state index < -0.39 is 14.3 Å². The second kappa shape index (κ2) is 11.4. The van der Waals surface area contributed by atoms with Crippen molar-refractivity contribution in [2.45, 2.75) is 62.4 Å². The van der Waals surface area contributed by atoms with Crippen molar-refractivity contribution in [2.24, 2.45) is 11.8 Å². The molecule has 1 amide bonds. The third kappa shape index (κ3) is 5.79. The molecule has 4 heterocycles. The van der Waals surface area contributed by atoms with E-state index in [1.165, 1.54) is 23.4 Å². The van der Waals surface area contributed by atoms with Crippen molar-refractivity contribution < 1.29 is 18.8 Å². The largest absolute Gasteiger partial charge is 0.457 e. The van der Waals surface area contributed by atoms with Gasteiger partial charge >= 0.3 is 5.97 Å². The van der Waals surface area contributed by atoms with Gasteiger partial charge in [-0.2, -0.15) is 0 Å². The summed E-state index contributed by atoms with van der Waals surface area (Å²) in [5.41, 5.74) is 2.48. The number of likely N-dealkylation sites (N-methyl/N-ethyl adjacent to an activating group) is 1. The maximum atomic E-state index is 13.4. The van der Waals surface area contributed by atoms with E-state index >= 15 is 0 Å². The van der Waals surface area contributed by atoms with Crippen molar-refractivity contribution in [3.8, 4) is 0 Å². The van der Waals surface area contributed by atoms with Crippen LogP contribution in [0.5, 0.6) is 0 Å². The molecule has 1 saturated heterocycles. The zero-order chi connectivity index (χ0) is 27.1. The lowest BCUT2D eigenvalue weighted by molar-refractivity contribution is -0.163. The highest BCUT2D eigenvalue weighted by Crippen LogP contribution is 2.53. The van der Waals surface area contributed by atoms with Gasteiger partial charge in [0.2, 0.25) is 5.91 Å². The van der Waals surface area contributed by atoms with E-state index in [9.17, 15) is 9.59 Å². The molecule has 0 bridgehead atoms. The number of ether oxygens (including phenoxy) is 1. The fourth-order valence-corrected chi connectivity index (χ4v) is 9.01. The third-order valence-corrected chi connectivity index (χ3v) is 10.7. The molecule has 1 fully saturated rings. The van der Waals surface area contributed by atoms with E-state index in [2.05, 4.69) is 56.5 Å². The number of rotatable bonds is 10. The third-order valence-electron chi connectivity index (χ3n) is 7.05. The molecule has 11 heteroatoms. The van der Waals surface area contributed by atoms with E-state index in [0.29, 0.717) is 11.6 Å². The Morgan fingerprint density at radius 1 is 1.43 bits per heavy atom. The number of thioether (sulfide) groups is 1. The molecule has 5 atom stereocenters. The molecule has 0 aromatic carbocycles. The summed E-state index contributed by atoms with van der Waals surface area (Å²) < 4.78 is 12.5. The Morgan fingerprint density at radius 3 is 2.81 bits per heavy atom. The summed E-state index contributed by atoms with van der Waals surface area (Å²) >= 11 is 9.19. The van der Waals surface area contributed by atoms with Gasteiger partial charge < -0.3 is 14.1 Å². The lowest BCUT2D eigenvalue weighted by Crippen LogP contribution is -2.64. The number of nitrogens with zero attached hydrogens (tertiary/aromatic N) is 3. The second-order valence-electron chi connectivity index (χ2n) is 10.8. The van der Waals surface area contributed by atoms with E-state index in [0.717, 1.165) is 27.9 Å². The number of thiazole rings is 1. The van der Waals surface area contributed by atoms with E-state index in [4.69, 9.17) is 25.7 Å². The Bertz CT molecular complexity index is 1130. The molecule has 7 nitrogen and oxygen atoms in total. The van der Waals surface area contributed by atoms with Gasteiger partial charge in [-0.15, -0.1) is 22.9 Å². The number of esters is 1. The number of halogens is 1. The maximum Gasteiger partial charge on any atom is 0.356 e. The summed E-state index contributed by atoms with van der Waals surface area (Å²) in [5, 5.41) is 2.06. The number of alkyl halides is 1. The monoisotopic (exact) mass is 581 g/mol. The van der Waals surface area contributed by atoms with Gasteiger partial charge in [0.05, 0.1) is 23.8 Å². The quantitative estimate of drug-likeness (QED) is 0.123. The van der Waals surface area contributed by atoms with Gasteiger partial charge in [0, 0.05) is 34.7 Å². The van der Waals surface area contributed by atoms with Crippen molar-refractivity contribution in [2.75, 3.05) is 26.1 Å². The summed E-state index contributed by atoms with van der Waals surface area (Å²) in [6.07, 6.45) is 4.38. The summed E-state index contributed by atoms with van der Waals surface area (Å²) in [7, 11) is 0.242. The summed E-state index contributed by atoms with van der Waals surface area (Å²) in [6.45, 7) is 15.0. The number of amides is 1. The first-order valence-electron chi connectivity index (χ1n) is 12.6. The van der Waals surface area contributed by atoms with Crippen molar-refractivity contribution in [3.63, 3.8) is 0 Å². The van der Waals surface area contributed by atoms with Crippen LogP contribution in [0.2, 0.25) is 19.6 Å². The van der Waals surface area contributed by atoms with Crippen molar-refractivity contribution in [3.05, 3.63) is 40.4 Å². The summed E-state index contributed by atoms with van der Waals surface area (Å²) in [6, 6.07) is 0.156. The fraction of sp³-hybridized carbons (Fsp3) is 0.577. The molecular weight excluding hydrogens is 546 g/mol. The molecule has 0 unspecified atom stereocenters. The highest BCUT2D eigenvalue weighted by molar-refractivity contribution is 8.04. The van der Waals surface area contributed by atoms with Gasteiger partial charge in [-0.25, -0.2) is 9.78 Å². The highest BCUT2D eigenvalue weighted by atomic mass is 35.5. The van der Waals surface area contributed by atoms with Gasteiger partial charge in [0.1, 0.15) is 12.3 Å². The smallest absolute Gasteiger partial charge is 0.356 e. The van der Waals surface area contributed by atoms with E-state index in [-0.39, 0.29) is 42.5 Å². The number of hydrogen-bond acceptors (Lipinski definition) is 8. The van der Waals surface area contributed by atoms with Crippen LogP contribution in [0.15, 0.2) is 39.1 Å². The van der Waals surface area contributed by atoms with E-state index in [1.807, 2.05) is 6.92 Å². The van der Waals surface area contributed by atoms with Gasteiger partial charge in [-0.3, -0.25) is 9.69 Å².